The molecule has 0 N–H and O–H groups in total. The zero-order valence-corrected chi connectivity index (χ0v) is 8.25. The number of hydrogen-bond donors (Lipinski definition) is 0. The molecule has 6 heteroatoms. The summed E-state index contributed by atoms with van der Waals surface area (Å²) in [6, 6.07) is 1.14. The summed E-state index contributed by atoms with van der Waals surface area (Å²) in [7, 11) is 0. The van der Waals surface area contributed by atoms with Gasteiger partial charge in [-0.05, 0) is 6.92 Å². The van der Waals surface area contributed by atoms with Gasteiger partial charge in [-0.25, -0.2) is 0 Å². The third-order valence-corrected chi connectivity index (χ3v) is 2.30. The Morgan fingerprint density at radius 2 is 2.06 bits per heavy atom. The molecule has 2 rings (SSSR count). The maximum absolute atomic E-state index is 12.8. The van der Waals surface area contributed by atoms with Gasteiger partial charge in [0, 0.05) is 24.0 Å². The van der Waals surface area contributed by atoms with E-state index in [0.717, 1.165) is 17.4 Å². The van der Waals surface area contributed by atoms with E-state index in [1.165, 1.54) is 18.6 Å². The first-order valence-electron chi connectivity index (χ1n) is 4.44. The first-order chi connectivity index (χ1) is 7.41. The number of nitrogens with zero attached hydrogens (tertiary/aromatic N) is 2. The Labute approximate surface area is 88.2 Å². The highest BCUT2D eigenvalue weighted by molar-refractivity contribution is 5.48. The molecule has 2 aromatic rings. The highest BCUT2D eigenvalue weighted by atomic mass is 19.4. The summed E-state index contributed by atoms with van der Waals surface area (Å²) in [4.78, 5) is 15.0. The summed E-state index contributed by atoms with van der Waals surface area (Å²) < 4.78 is 39.3. The summed E-state index contributed by atoms with van der Waals surface area (Å²) >= 11 is 0. The lowest BCUT2D eigenvalue weighted by Gasteiger charge is -2.13. The minimum absolute atomic E-state index is 0.130. The molecule has 0 aliphatic heterocycles. The second-order valence-electron chi connectivity index (χ2n) is 3.35. The molecule has 0 saturated heterocycles. The highest BCUT2D eigenvalue weighted by Gasteiger charge is 2.36. The van der Waals surface area contributed by atoms with Gasteiger partial charge in [0.25, 0.3) is 0 Å². The van der Waals surface area contributed by atoms with E-state index < -0.39 is 17.3 Å². The minimum Gasteiger partial charge on any atom is -0.309 e. The number of rotatable bonds is 0. The predicted octanol–water partition coefficient (Wildman–Crippen LogP) is 2.02. The molecule has 0 spiro atoms. The fourth-order valence-electron chi connectivity index (χ4n) is 1.57. The predicted molar refractivity (Wildman–Crippen MR) is 51.2 cm³/mol. The van der Waals surface area contributed by atoms with Crippen molar-refractivity contribution in [2.45, 2.75) is 13.1 Å². The maximum Gasteiger partial charge on any atom is 0.432 e. The van der Waals surface area contributed by atoms with Crippen LogP contribution in [-0.2, 0) is 6.18 Å². The molecule has 0 fully saturated rings. The first kappa shape index (κ1) is 10.7. The number of halogens is 3. The van der Waals surface area contributed by atoms with Crippen molar-refractivity contribution >= 4 is 5.52 Å². The molecule has 2 heterocycles. The van der Waals surface area contributed by atoms with E-state index in [1.54, 1.807) is 0 Å². The van der Waals surface area contributed by atoms with Gasteiger partial charge in [0.05, 0.1) is 11.7 Å². The average molecular weight is 228 g/mol. The molecule has 0 bridgehead atoms. The molecule has 0 aromatic carbocycles. The van der Waals surface area contributed by atoms with Gasteiger partial charge < -0.3 is 4.40 Å². The quantitative estimate of drug-likeness (QED) is 0.691. The van der Waals surface area contributed by atoms with Crippen LogP contribution in [0.1, 0.15) is 11.3 Å². The standard InChI is InChI=1S/C10H7F3N2O/c1-6-8(16)4-7-5-14-2-3-15(7)9(6)10(11,12)13/h2-5H,1H3. The Balaban J connectivity index is 2.99. The number of fused-ring (bicyclic) bond motifs is 1. The van der Waals surface area contributed by atoms with E-state index in [4.69, 9.17) is 0 Å². The zero-order valence-electron chi connectivity index (χ0n) is 8.25. The monoisotopic (exact) mass is 228 g/mol. The van der Waals surface area contributed by atoms with E-state index in [0.29, 0.717) is 0 Å². The highest BCUT2D eigenvalue weighted by Crippen LogP contribution is 2.30. The van der Waals surface area contributed by atoms with Gasteiger partial charge in [-0.15, -0.1) is 0 Å². The number of alkyl halides is 3. The molecular formula is C10H7F3N2O. The summed E-state index contributed by atoms with van der Waals surface area (Å²) in [6.45, 7) is 1.16. The largest absolute Gasteiger partial charge is 0.432 e. The molecule has 0 aliphatic carbocycles. The maximum atomic E-state index is 12.8. The summed E-state index contributed by atoms with van der Waals surface area (Å²) in [6.07, 6.45) is -0.915. The molecule has 0 saturated carbocycles. The van der Waals surface area contributed by atoms with Crippen molar-refractivity contribution in [1.29, 1.82) is 0 Å². The molecule has 16 heavy (non-hydrogen) atoms. The van der Waals surface area contributed by atoms with E-state index in [1.807, 2.05) is 0 Å². The molecular weight excluding hydrogens is 221 g/mol. The van der Waals surface area contributed by atoms with Crippen molar-refractivity contribution in [3.05, 3.63) is 46.1 Å². The van der Waals surface area contributed by atoms with E-state index in [2.05, 4.69) is 4.98 Å². The third-order valence-electron chi connectivity index (χ3n) is 2.30. The number of aromatic nitrogens is 2. The second-order valence-corrected chi connectivity index (χ2v) is 3.35. The van der Waals surface area contributed by atoms with E-state index >= 15 is 0 Å². The van der Waals surface area contributed by atoms with Gasteiger partial charge in [0.2, 0.25) is 0 Å². The van der Waals surface area contributed by atoms with E-state index in [-0.39, 0.29) is 11.1 Å². The lowest BCUT2D eigenvalue weighted by Crippen LogP contribution is -2.20. The van der Waals surface area contributed by atoms with Crippen LogP contribution in [0.2, 0.25) is 0 Å². The first-order valence-corrected chi connectivity index (χ1v) is 4.44. The summed E-state index contributed by atoms with van der Waals surface area (Å²) in [5.41, 5.74) is -1.76. The van der Waals surface area contributed by atoms with Crippen molar-refractivity contribution in [1.82, 2.24) is 9.38 Å². The Morgan fingerprint density at radius 1 is 1.38 bits per heavy atom. The van der Waals surface area contributed by atoms with Crippen molar-refractivity contribution in [2.24, 2.45) is 0 Å². The van der Waals surface area contributed by atoms with Crippen molar-refractivity contribution < 1.29 is 13.2 Å². The van der Waals surface area contributed by atoms with Crippen LogP contribution in [0.4, 0.5) is 13.2 Å². The van der Waals surface area contributed by atoms with Crippen LogP contribution < -0.4 is 5.43 Å². The molecule has 0 unspecified atom stereocenters. The zero-order chi connectivity index (χ0) is 11.9. The van der Waals surface area contributed by atoms with Gasteiger partial charge >= 0.3 is 6.18 Å². The molecule has 2 aromatic heterocycles. The molecule has 0 amide bonds. The summed E-state index contributed by atoms with van der Waals surface area (Å²) in [5, 5.41) is 0. The van der Waals surface area contributed by atoms with Crippen LogP contribution in [0.5, 0.6) is 0 Å². The van der Waals surface area contributed by atoms with Gasteiger partial charge in [0.1, 0.15) is 5.69 Å². The Kier molecular flexibility index (Phi) is 2.22. The summed E-state index contributed by atoms with van der Waals surface area (Å²) in [5.74, 6) is 0. The van der Waals surface area contributed by atoms with Crippen LogP contribution >= 0.6 is 0 Å². The minimum atomic E-state index is -4.56. The third kappa shape index (κ3) is 1.56. The van der Waals surface area contributed by atoms with Gasteiger partial charge in [-0.1, -0.05) is 0 Å². The van der Waals surface area contributed by atoms with Gasteiger partial charge in [0.15, 0.2) is 5.43 Å². The van der Waals surface area contributed by atoms with Crippen molar-refractivity contribution in [3.63, 3.8) is 0 Å². The fourth-order valence-corrected chi connectivity index (χ4v) is 1.57. The lowest BCUT2D eigenvalue weighted by atomic mass is 10.2. The van der Waals surface area contributed by atoms with Crippen LogP contribution in [-0.4, -0.2) is 9.38 Å². The molecule has 0 atom stereocenters. The average Bonchev–Trinajstić information content (AvgIpc) is 2.17. The number of pyridine rings is 1. The van der Waals surface area contributed by atoms with Crippen molar-refractivity contribution in [3.8, 4) is 0 Å². The van der Waals surface area contributed by atoms with Crippen LogP contribution in [0.15, 0.2) is 29.5 Å². The molecule has 0 aliphatic rings. The normalized spacial score (nSPS) is 12.0. The van der Waals surface area contributed by atoms with Crippen LogP contribution in [0.3, 0.4) is 0 Å². The van der Waals surface area contributed by atoms with Crippen molar-refractivity contribution in [2.75, 3.05) is 0 Å². The Hall–Kier alpha value is -1.85. The SMILES string of the molecule is Cc1c(C(F)(F)F)n2ccncc2cc1=O. The van der Waals surface area contributed by atoms with Gasteiger partial charge in [-0.2, -0.15) is 13.2 Å². The topological polar surface area (TPSA) is 34.4 Å². The van der Waals surface area contributed by atoms with E-state index in [9.17, 15) is 18.0 Å². The molecule has 84 valence electrons. The van der Waals surface area contributed by atoms with Gasteiger partial charge in [-0.3, -0.25) is 9.78 Å². The Bertz CT molecular complexity index is 601. The Morgan fingerprint density at radius 3 is 2.69 bits per heavy atom. The smallest absolute Gasteiger partial charge is 0.309 e. The lowest BCUT2D eigenvalue weighted by molar-refractivity contribution is -0.142. The molecule has 3 nitrogen and oxygen atoms in total. The van der Waals surface area contributed by atoms with Crippen LogP contribution in [0.25, 0.3) is 5.52 Å². The second kappa shape index (κ2) is 3.33. The fraction of sp³-hybridized carbons (Fsp3) is 0.200. The molecule has 0 radical (unpaired) electrons. The van der Waals surface area contributed by atoms with Crippen LogP contribution in [0, 0.1) is 6.92 Å². The number of hydrogen-bond acceptors (Lipinski definition) is 2.